The maximum Gasteiger partial charge on any atom is 0.344 e. The first-order valence-electron chi connectivity index (χ1n) is 10.5. The topological polar surface area (TPSA) is 71.8 Å². The molecule has 4 rings (SSSR count). The van der Waals surface area contributed by atoms with Gasteiger partial charge in [-0.15, -0.1) is 0 Å². The van der Waals surface area contributed by atoms with Crippen LogP contribution >= 0.6 is 11.8 Å². The van der Waals surface area contributed by atoms with Crippen molar-refractivity contribution in [1.82, 2.24) is 9.47 Å². The lowest BCUT2D eigenvalue weighted by Gasteiger charge is -2.41. The molecule has 0 N–H and O–H groups in total. The molecule has 3 heterocycles. The zero-order valence-electron chi connectivity index (χ0n) is 18.1. The molecule has 0 radical (unpaired) electrons. The van der Waals surface area contributed by atoms with E-state index >= 15 is 4.39 Å². The molecule has 2 aliphatic heterocycles. The Morgan fingerprint density at radius 2 is 2.00 bits per heavy atom. The van der Waals surface area contributed by atoms with Crippen molar-refractivity contribution >= 4 is 40.1 Å². The van der Waals surface area contributed by atoms with Crippen LogP contribution < -0.4 is 10.3 Å². The number of benzene rings is 1. The summed E-state index contributed by atoms with van der Waals surface area (Å²) in [6, 6.07) is 3.05. The van der Waals surface area contributed by atoms with Crippen LogP contribution in [-0.4, -0.2) is 60.0 Å². The van der Waals surface area contributed by atoms with Crippen molar-refractivity contribution in [2.24, 2.45) is 0 Å². The molecule has 2 aromatic rings. The Labute approximate surface area is 184 Å². The molecule has 0 spiro atoms. The van der Waals surface area contributed by atoms with Crippen LogP contribution in [0.1, 0.15) is 43.4 Å². The number of hydrogen-bond donors (Lipinski definition) is 0. The van der Waals surface area contributed by atoms with Gasteiger partial charge < -0.3 is 14.2 Å². The third-order valence-electron chi connectivity index (χ3n) is 5.89. The Balaban J connectivity index is 1.76. The summed E-state index contributed by atoms with van der Waals surface area (Å²) in [6.45, 7) is 9.63. The number of hydrogen-bond acceptors (Lipinski definition) is 7. The Morgan fingerprint density at radius 3 is 2.61 bits per heavy atom. The first kappa shape index (κ1) is 21.8. The number of piperazine rings is 1. The highest BCUT2D eigenvalue weighted by Crippen LogP contribution is 2.47. The van der Waals surface area contributed by atoms with Crippen LogP contribution in [0.15, 0.2) is 22.0 Å². The first-order valence-corrected chi connectivity index (χ1v) is 11.3. The summed E-state index contributed by atoms with van der Waals surface area (Å²) in [5.41, 5.74) is 0.540. The molecule has 7 nitrogen and oxygen atoms in total. The highest BCUT2D eigenvalue weighted by Gasteiger charge is 2.34. The summed E-state index contributed by atoms with van der Waals surface area (Å²) in [5, 5.41) is 0.778. The lowest BCUT2D eigenvalue weighted by Crippen LogP contribution is -2.53. The van der Waals surface area contributed by atoms with Gasteiger partial charge in [-0.25, -0.2) is 9.18 Å². The van der Waals surface area contributed by atoms with Crippen molar-refractivity contribution in [1.29, 1.82) is 0 Å². The molecule has 0 bridgehead atoms. The highest BCUT2D eigenvalue weighted by molar-refractivity contribution is 8.00. The zero-order chi connectivity index (χ0) is 22.4. The number of carbonyl (C=O) groups excluding carboxylic acids is 2. The van der Waals surface area contributed by atoms with Crippen LogP contribution in [-0.2, 0) is 9.53 Å². The molecule has 1 aromatic heterocycles. The van der Waals surface area contributed by atoms with E-state index in [1.807, 2.05) is 23.3 Å². The van der Waals surface area contributed by atoms with E-state index in [-0.39, 0.29) is 34.8 Å². The van der Waals surface area contributed by atoms with Crippen molar-refractivity contribution < 1.29 is 18.7 Å². The normalized spacial score (nSPS) is 21.0. The standard InChI is InChI=1S/C22H26FN3O4S/c1-5-30-22(29)19-20(28)15-8-16(23)18(9-17(15)26-14(4)31-21(19)26)25-7-6-24(11-13(3)27)12(2)10-25/h8-9,12,14H,5-7,10-11H2,1-4H3. The minimum Gasteiger partial charge on any atom is -0.462 e. The second-order valence-electron chi connectivity index (χ2n) is 8.11. The molecule has 31 heavy (non-hydrogen) atoms. The first-order chi connectivity index (χ1) is 14.7. The second-order valence-corrected chi connectivity index (χ2v) is 9.41. The SMILES string of the molecule is CCOC(=O)c1c2n(c3cc(N4CCN(CC(C)=O)C(C)C4)c(F)cc3c1=O)C(C)S2. The third kappa shape index (κ3) is 3.74. The summed E-state index contributed by atoms with van der Waals surface area (Å²) in [5.74, 6) is -1.05. The quantitative estimate of drug-likeness (QED) is 0.653. The summed E-state index contributed by atoms with van der Waals surface area (Å²) >= 11 is 1.43. The molecular weight excluding hydrogens is 421 g/mol. The Kier molecular flexibility index (Phi) is 5.83. The number of carbonyl (C=O) groups is 2. The number of fused-ring (bicyclic) bond motifs is 3. The van der Waals surface area contributed by atoms with Crippen LogP contribution in [0.5, 0.6) is 0 Å². The summed E-state index contributed by atoms with van der Waals surface area (Å²) in [7, 11) is 0. The predicted molar refractivity (Wildman–Crippen MR) is 119 cm³/mol. The van der Waals surface area contributed by atoms with Gasteiger partial charge in [0.05, 0.1) is 34.8 Å². The van der Waals surface area contributed by atoms with Gasteiger partial charge in [0.15, 0.2) is 0 Å². The zero-order valence-corrected chi connectivity index (χ0v) is 18.9. The number of thioether (sulfide) groups is 1. The maximum atomic E-state index is 15.2. The van der Waals surface area contributed by atoms with Gasteiger partial charge in [0.1, 0.15) is 17.2 Å². The van der Waals surface area contributed by atoms with Crippen molar-refractivity contribution in [3.63, 3.8) is 0 Å². The molecule has 2 aliphatic rings. The van der Waals surface area contributed by atoms with Gasteiger partial charge in [-0.05, 0) is 39.8 Å². The molecule has 9 heteroatoms. The van der Waals surface area contributed by atoms with Crippen LogP contribution in [0.4, 0.5) is 10.1 Å². The monoisotopic (exact) mass is 447 g/mol. The van der Waals surface area contributed by atoms with Crippen molar-refractivity contribution in [2.75, 3.05) is 37.7 Å². The Bertz CT molecular complexity index is 1130. The van der Waals surface area contributed by atoms with Gasteiger partial charge in [-0.2, -0.15) is 0 Å². The number of ketones is 1. The van der Waals surface area contributed by atoms with E-state index in [2.05, 4.69) is 4.90 Å². The van der Waals surface area contributed by atoms with E-state index in [0.717, 1.165) is 0 Å². The molecule has 1 fully saturated rings. The number of ether oxygens (including phenoxy) is 1. The van der Waals surface area contributed by atoms with E-state index in [4.69, 9.17) is 4.74 Å². The number of esters is 1. The number of Topliss-reactive ketones (excluding diaryl/α,β-unsaturated/α-hetero) is 1. The molecule has 166 valence electrons. The predicted octanol–water partition coefficient (Wildman–Crippen LogP) is 3.04. The van der Waals surface area contributed by atoms with Crippen molar-refractivity contribution in [3.05, 3.63) is 33.7 Å². The van der Waals surface area contributed by atoms with Crippen LogP contribution in [0.25, 0.3) is 10.9 Å². The molecule has 1 saturated heterocycles. The maximum absolute atomic E-state index is 15.2. The molecule has 0 aliphatic carbocycles. The largest absolute Gasteiger partial charge is 0.462 e. The molecule has 0 amide bonds. The van der Waals surface area contributed by atoms with E-state index < -0.39 is 17.2 Å². The minimum absolute atomic E-state index is 0.0175. The summed E-state index contributed by atoms with van der Waals surface area (Å²) < 4.78 is 22.1. The van der Waals surface area contributed by atoms with Gasteiger partial charge in [0.25, 0.3) is 0 Å². The number of aromatic nitrogens is 1. The molecule has 2 unspecified atom stereocenters. The number of halogens is 1. The van der Waals surface area contributed by atoms with Crippen LogP contribution in [0.2, 0.25) is 0 Å². The van der Waals surface area contributed by atoms with Gasteiger partial charge in [-0.1, -0.05) is 11.8 Å². The van der Waals surface area contributed by atoms with Crippen molar-refractivity contribution in [3.8, 4) is 0 Å². The second kappa shape index (κ2) is 8.27. The minimum atomic E-state index is -0.669. The number of nitrogens with zero attached hydrogens (tertiary/aromatic N) is 3. The van der Waals surface area contributed by atoms with Crippen molar-refractivity contribution in [2.45, 2.75) is 44.1 Å². The van der Waals surface area contributed by atoms with Gasteiger partial charge in [0, 0.05) is 31.1 Å². The molecule has 0 saturated carbocycles. The van der Waals surface area contributed by atoms with E-state index in [1.54, 1.807) is 19.9 Å². The fraction of sp³-hybridized carbons (Fsp3) is 0.500. The van der Waals surface area contributed by atoms with E-state index in [0.29, 0.717) is 42.4 Å². The number of anilines is 1. The lowest BCUT2D eigenvalue weighted by molar-refractivity contribution is -0.118. The smallest absolute Gasteiger partial charge is 0.344 e. The summed E-state index contributed by atoms with van der Waals surface area (Å²) in [4.78, 5) is 41.0. The lowest BCUT2D eigenvalue weighted by atomic mass is 10.1. The van der Waals surface area contributed by atoms with Crippen LogP contribution in [0, 0.1) is 5.82 Å². The number of rotatable bonds is 5. The van der Waals surface area contributed by atoms with Gasteiger partial charge in [-0.3, -0.25) is 14.5 Å². The molecule has 1 aromatic carbocycles. The molecular formula is C22H26FN3O4S. The van der Waals surface area contributed by atoms with E-state index in [1.165, 1.54) is 17.8 Å². The van der Waals surface area contributed by atoms with Gasteiger partial charge >= 0.3 is 5.97 Å². The Hall–Kier alpha value is -2.39. The van der Waals surface area contributed by atoms with E-state index in [9.17, 15) is 14.4 Å². The third-order valence-corrected chi connectivity index (χ3v) is 7.06. The van der Waals surface area contributed by atoms with Crippen LogP contribution in [0.3, 0.4) is 0 Å². The highest BCUT2D eigenvalue weighted by atomic mass is 32.2. The fourth-order valence-electron chi connectivity index (χ4n) is 4.40. The Morgan fingerprint density at radius 1 is 1.26 bits per heavy atom. The summed E-state index contributed by atoms with van der Waals surface area (Å²) in [6.07, 6.45) is 0. The fourth-order valence-corrected chi connectivity index (χ4v) is 5.55. The van der Waals surface area contributed by atoms with Gasteiger partial charge in [0.2, 0.25) is 5.43 Å². The molecule has 2 atom stereocenters. The average molecular weight is 448 g/mol. The number of pyridine rings is 1. The average Bonchev–Trinajstić information content (AvgIpc) is 2.69.